The molecule has 0 saturated carbocycles. The number of hydrogen-bond acceptors (Lipinski definition) is 6. The van der Waals surface area contributed by atoms with Crippen LogP contribution in [0, 0.1) is 0 Å². The number of fused-ring (bicyclic) bond motifs is 2. The van der Waals surface area contributed by atoms with Gasteiger partial charge >= 0.3 is 5.97 Å². The predicted octanol–water partition coefficient (Wildman–Crippen LogP) is 2.60. The van der Waals surface area contributed by atoms with Gasteiger partial charge in [0.2, 0.25) is 0 Å². The van der Waals surface area contributed by atoms with Gasteiger partial charge in [-0.1, -0.05) is 12.2 Å². The normalized spacial score (nSPS) is 33.2. The first-order valence-electron chi connectivity index (χ1n) is 8.89. The van der Waals surface area contributed by atoms with E-state index in [4.69, 9.17) is 23.7 Å². The largest absolute Gasteiger partial charge is 0.463 e. The summed E-state index contributed by atoms with van der Waals surface area (Å²) in [7, 11) is 1.63. The van der Waals surface area contributed by atoms with E-state index in [9.17, 15) is 4.79 Å². The van der Waals surface area contributed by atoms with Gasteiger partial charge in [0.25, 0.3) is 0 Å². The Bertz CT molecular complexity index is 397. The van der Waals surface area contributed by atoms with Crippen LogP contribution in [0.3, 0.4) is 0 Å². The Morgan fingerprint density at radius 2 is 2.12 bits per heavy atom. The highest BCUT2D eigenvalue weighted by molar-refractivity contribution is 5.70. The van der Waals surface area contributed by atoms with E-state index in [0.29, 0.717) is 13.2 Å². The second-order valence-electron chi connectivity index (χ2n) is 6.38. The van der Waals surface area contributed by atoms with Crippen molar-refractivity contribution in [2.45, 2.75) is 69.9 Å². The third-order valence-electron chi connectivity index (χ3n) is 4.33. The van der Waals surface area contributed by atoms with Crippen LogP contribution in [0.4, 0.5) is 0 Å². The van der Waals surface area contributed by atoms with Gasteiger partial charge in [-0.25, -0.2) is 0 Å². The Kier molecular flexibility index (Phi) is 8.74. The molecule has 2 rings (SSSR count). The van der Waals surface area contributed by atoms with E-state index in [0.717, 1.165) is 32.1 Å². The molecule has 0 aliphatic carbocycles. The number of rotatable bonds is 6. The number of cyclic esters (lactones) is 1. The first kappa shape index (κ1) is 19.4. The number of carbonyl (C=O) groups is 1. The standard InChI is InChI=1S/C18H30O6/c1-14-6-4-3-5-7-15-8-9-16(22-13-21-11-10-20-2)17(24-15)12-18(19)23-14/h5,7,14-17H,3-4,6,8-13H2,1-2H3/b7-5+/t14-,15-,16-,17-/m1/s1. The quantitative estimate of drug-likeness (QED) is 0.320. The first-order valence-corrected chi connectivity index (χ1v) is 8.89. The summed E-state index contributed by atoms with van der Waals surface area (Å²) in [5.74, 6) is -0.216. The van der Waals surface area contributed by atoms with Crippen LogP contribution in [0.2, 0.25) is 0 Å². The Labute approximate surface area is 144 Å². The molecule has 2 aliphatic rings. The molecule has 2 aliphatic heterocycles. The van der Waals surface area contributed by atoms with Crippen molar-refractivity contribution in [3.8, 4) is 0 Å². The Morgan fingerprint density at radius 1 is 1.25 bits per heavy atom. The minimum absolute atomic E-state index is 0.0499. The fraction of sp³-hybridized carbons (Fsp3) is 0.833. The summed E-state index contributed by atoms with van der Waals surface area (Å²) in [5, 5.41) is 0. The van der Waals surface area contributed by atoms with Crippen molar-refractivity contribution < 1.29 is 28.5 Å². The summed E-state index contributed by atoms with van der Waals surface area (Å²) in [6.07, 6.45) is 8.69. The molecule has 0 unspecified atom stereocenters. The highest BCUT2D eigenvalue weighted by Gasteiger charge is 2.33. The second kappa shape index (κ2) is 10.8. The lowest BCUT2D eigenvalue weighted by Gasteiger charge is -2.35. The van der Waals surface area contributed by atoms with E-state index in [1.54, 1.807) is 7.11 Å². The van der Waals surface area contributed by atoms with Crippen molar-refractivity contribution in [1.29, 1.82) is 0 Å². The molecule has 0 radical (unpaired) electrons. The molecule has 2 heterocycles. The van der Waals surface area contributed by atoms with Crippen LogP contribution < -0.4 is 0 Å². The monoisotopic (exact) mass is 342 g/mol. The number of carbonyl (C=O) groups excluding carboxylic acids is 1. The summed E-state index contributed by atoms with van der Waals surface area (Å²) in [6.45, 7) is 3.14. The topological polar surface area (TPSA) is 63.2 Å². The summed E-state index contributed by atoms with van der Waals surface area (Å²) < 4.78 is 27.6. The van der Waals surface area contributed by atoms with E-state index in [1.807, 2.05) is 6.92 Å². The molecule has 1 saturated heterocycles. The van der Waals surface area contributed by atoms with Gasteiger partial charge in [-0.15, -0.1) is 0 Å². The van der Waals surface area contributed by atoms with Crippen LogP contribution in [0.5, 0.6) is 0 Å². The summed E-state index contributed by atoms with van der Waals surface area (Å²) in [5.41, 5.74) is 0. The molecule has 6 nitrogen and oxygen atoms in total. The van der Waals surface area contributed by atoms with Gasteiger partial charge in [0.15, 0.2) is 0 Å². The minimum Gasteiger partial charge on any atom is -0.463 e. The van der Waals surface area contributed by atoms with Crippen LogP contribution in [0.15, 0.2) is 12.2 Å². The summed E-state index contributed by atoms with van der Waals surface area (Å²) in [4.78, 5) is 12.1. The molecule has 2 bridgehead atoms. The van der Waals surface area contributed by atoms with E-state index >= 15 is 0 Å². The van der Waals surface area contributed by atoms with E-state index < -0.39 is 0 Å². The molecular formula is C18H30O6. The molecule has 24 heavy (non-hydrogen) atoms. The van der Waals surface area contributed by atoms with E-state index in [2.05, 4.69) is 12.2 Å². The predicted molar refractivity (Wildman–Crippen MR) is 88.6 cm³/mol. The summed E-state index contributed by atoms with van der Waals surface area (Å²) >= 11 is 0. The number of methoxy groups -OCH3 is 1. The highest BCUT2D eigenvalue weighted by Crippen LogP contribution is 2.26. The molecular weight excluding hydrogens is 312 g/mol. The van der Waals surface area contributed by atoms with Gasteiger partial charge < -0.3 is 23.7 Å². The lowest BCUT2D eigenvalue weighted by Crippen LogP contribution is -2.42. The zero-order chi connectivity index (χ0) is 17.2. The van der Waals surface area contributed by atoms with Gasteiger partial charge in [-0.3, -0.25) is 4.79 Å². The average Bonchev–Trinajstić information content (AvgIpc) is 2.55. The van der Waals surface area contributed by atoms with Gasteiger partial charge in [-0.05, 0) is 39.0 Å². The lowest BCUT2D eigenvalue weighted by atomic mass is 9.97. The van der Waals surface area contributed by atoms with Crippen molar-refractivity contribution >= 4 is 5.97 Å². The van der Waals surface area contributed by atoms with Gasteiger partial charge in [0.1, 0.15) is 6.79 Å². The minimum atomic E-state index is -0.293. The van der Waals surface area contributed by atoms with Crippen LogP contribution in [-0.2, 0) is 28.5 Å². The van der Waals surface area contributed by atoms with Gasteiger partial charge in [0.05, 0.1) is 44.1 Å². The summed E-state index contributed by atoms with van der Waals surface area (Å²) in [6, 6.07) is 0. The molecule has 0 aromatic heterocycles. The van der Waals surface area contributed by atoms with Crippen molar-refractivity contribution in [3.05, 3.63) is 12.2 Å². The number of esters is 1. The lowest BCUT2D eigenvalue weighted by molar-refractivity contribution is -0.183. The Hall–Kier alpha value is -0.950. The second-order valence-corrected chi connectivity index (χ2v) is 6.38. The van der Waals surface area contributed by atoms with Crippen LogP contribution >= 0.6 is 0 Å². The van der Waals surface area contributed by atoms with E-state index in [1.165, 1.54) is 0 Å². The van der Waals surface area contributed by atoms with Crippen molar-refractivity contribution in [2.75, 3.05) is 27.1 Å². The van der Waals surface area contributed by atoms with Crippen LogP contribution in [-0.4, -0.2) is 57.5 Å². The average molecular weight is 342 g/mol. The SMILES string of the molecule is COCCOCO[C@@H]1CC[C@H]2/C=C/CCC[C@@H](C)OC(=O)C[C@H]1O2. The fourth-order valence-corrected chi connectivity index (χ4v) is 3.01. The number of ether oxygens (including phenoxy) is 5. The smallest absolute Gasteiger partial charge is 0.308 e. The molecule has 0 amide bonds. The van der Waals surface area contributed by atoms with E-state index in [-0.39, 0.29) is 43.6 Å². The maximum absolute atomic E-state index is 12.1. The van der Waals surface area contributed by atoms with Crippen LogP contribution in [0.25, 0.3) is 0 Å². The van der Waals surface area contributed by atoms with Gasteiger partial charge in [0, 0.05) is 7.11 Å². The molecule has 0 N–H and O–H groups in total. The fourth-order valence-electron chi connectivity index (χ4n) is 3.01. The highest BCUT2D eigenvalue weighted by atomic mass is 16.7. The van der Waals surface area contributed by atoms with Crippen LogP contribution in [0.1, 0.15) is 45.4 Å². The molecule has 6 heteroatoms. The molecule has 0 spiro atoms. The Balaban J connectivity index is 1.90. The maximum atomic E-state index is 12.1. The third-order valence-corrected chi connectivity index (χ3v) is 4.33. The maximum Gasteiger partial charge on any atom is 0.308 e. The number of hydrogen-bond donors (Lipinski definition) is 0. The molecule has 0 aromatic rings. The molecule has 4 atom stereocenters. The zero-order valence-corrected chi connectivity index (χ0v) is 14.8. The molecule has 0 aromatic carbocycles. The Morgan fingerprint density at radius 3 is 2.96 bits per heavy atom. The van der Waals surface area contributed by atoms with Gasteiger partial charge in [-0.2, -0.15) is 0 Å². The molecule has 1 fully saturated rings. The molecule has 138 valence electrons. The van der Waals surface area contributed by atoms with Crippen molar-refractivity contribution in [1.82, 2.24) is 0 Å². The van der Waals surface area contributed by atoms with Crippen molar-refractivity contribution in [3.63, 3.8) is 0 Å². The first-order chi connectivity index (χ1) is 11.7. The number of allylic oxidation sites excluding steroid dienone is 1. The third kappa shape index (κ3) is 6.89. The zero-order valence-electron chi connectivity index (χ0n) is 14.8. The van der Waals surface area contributed by atoms with Crippen molar-refractivity contribution in [2.24, 2.45) is 0 Å².